The van der Waals surface area contributed by atoms with E-state index in [1.807, 2.05) is 19.9 Å². The Balaban J connectivity index is 0. The number of rotatable bonds is 6. The first-order valence-corrected chi connectivity index (χ1v) is 8.09. The van der Waals surface area contributed by atoms with Crippen molar-refractivity contribution in [3.05, 3.63) is 48.9 Å². The number of ether oxygens (including phenoxy) is 2. The molecule has 0 bridgehead atoms. The number of aromatic hydroxyl groups is 1. The quantitative estimate of drug-likeness (QED) is 0.456. The van der Waals surface area contributed by atoms with Crippen LogP contribution in [0.1, 0.15) is 16.7 Å². The number of benzene rings is 1. The number of nitrogens with one attached hydrogen (secondary N) is 2. The van der Waals surface area contributed by atoms with Crippen LogP contribution in [0.2, 0.25) is 0 Å². The summed E-state index contributed by atoms with van der Waals surface area (Å²) < 4.78 is 9.43. The van der Waals surface area contributed by atoms with Crippen LogP contribution in [-0.2, 0) is 9.47 Å². The first-order chi connectivity index (χ1) is 13.0. The maximum atomic E-state index is 11.5. The van der Waals surface area contributed by atoms with Crippen molar-refractivity contribution in [2.75, 3.05) is 24.9 Å². The number of pyridine rings is 1. The lowest BCUT2D eigenvalue weighted by atomic mass is 10.3. The van der Waals surface area contributed by atoms with Crippen molar-refractivity contribution in [3.63, 3.8) is 0 Å². The Morgan fingerprint density at radius 1 is 1.11 bits per heavy atom. The molecule has 1 heterocycles. The Morgan fingerprint density at radius 2 is 1.78 bits per heavy atom. The highest BCUT2D eigenvalue weighted by molar-refractivity contribution is 5.88. The molecule has 0 fully saturated rings. The van der Waals surface area contributed by atoms with E-state index in [2.05, 4.69) is 37.2 Å². The maximum absolute atomic E-state index is 11.5. The summed E-state index contributed by atoms with van der Waals surface area (Å²) in [7, 11) is 2.62. The van der Waals surface area contributed by atoms with Crippen LogP contribution in [0.3, 0.4) is 0 Å². The fourth-order valence-electron chi connectivity index (χ4n) is 1.69. The largest absolute Gasteiger partial charge is 0.504 e. The SMILES string of the molecule is C=C(Nc1nc(NC(=O)OC)c(N=Nc2ccccc2)cc1O)OC.CC.[HH].[HH]. The summed E-state index contributed by atoms with van der Waals surface area (Å²) in [6, 6.07) is 10.3. The van der Waals surface area contributed by atoms with Gasteiger partial charge in [-0.1, -0.05) is 32.0 Å². The van der Waals surface area contributed by atoms with Crippen LogP contribution in [-0.4, -0.2) is 30.4 Å². The van der Waals surface area contributed by atoms with Gasteiger partial charge in [-0.15, -0.1) is 5.11 Å². The molecule has 3 N–H and O–H groups in total. The topological polar surface area (TPSA) is 117 Å². The summed E-state index contributed by atoms with van der Waals surface area (Å²) in [6.45, 7) is 7.58. The molecule has 0 aliphatic rings. The molecule has 2 rings (SSSR count). The number of nitrogens with zero attached hydrogens (tertiary/aromatic N) is 3. The molecule has 0 unspecified atom stereocenters. The lowest BCUT2D eigenvalue weighted by Gasteiger charge is -2.12. The van der Waals surface area contributed by atoms with Gasteiger partial charge >= 0.3 is 6.09 Å². The number of hydrogen-bond donors (Lipinski definition) is 3. The van der Waals surface area contributed by atoms with Crippen molar-refractivity contribution >= 4 is 29.1 Å². The van der Waals surface area contributed by atoms with Gasteiger partial charge in [0.15, 0.2) is 23.3 Å². The highest BCUT2D eigenvalue weighted by Crippen LogP contribution is 2.34. The third kappa shape index (κ3) is 6.65. The van der Waals surface area contributed by atoms with Gasteiger partial charge in [-0.2, -0.15) is 5.11 Å². The minimum Gasteiger partial charge on any atom is -0.504 e. The number of anilines is 2. The first-order valence-electron chi connectivity index (χ1n) is 8.09. The first kappa shape index (κ1) is 21.4. The number of hydrogen-bond acceptors (Lipinski definition) is 8. The summed E-state index contributed by atoms with van der Waals surface area (Å²) in [5, 5.41) is 23.2. The molecule has 0 saturated carbocycles. The van der Waals surface area contributed by atoms with Crippen LogP contribution in [0.5, 0.6) is 5.75 Å². The molecule has 0 atom stereocenters. The predicted molar refractivity (Wildman–Crippen MR) is 108 cm³/mol. The molecule has 0 radical (unpaired) electrons. The van der Waals surface area contributed by atoms with E-state index in [1.165, 1.54) is 20.3 Å². The third-order valence-electron chi connectivity index (χ3n) is 2.92. The van der Waals surface area contributed by atoms with Crippen LogP contribution in [0.4, 0.5) is 27.8 Å². The zero-order valence-electron chi connectivity index (χ0n) is 15.7. The Hall–Kier alpha value is -3.62. The Kier molecular flexibility index (Phi) is 8.79. The van der Waals surface area contributed by atoms with Crippen molar-refractivity contribution in [1.29, 1.82) is 0 Å². The summed E-state index contributed by atoms with van der Waals surface area (Å²) in [5.41, 5.74) is 0.737. The average Bonchev–Trinajstić information content (AvgIpc) is 2.71. The van der Waals surface area contributed by atoms with Crippen molar-refractivity contribution in [2.24, 2.45) is 10.2 Å². The second-order valence-electron chi connectivity index (χ2n) is 4.63. The normalized spacial score (nSPS) is 9.78. The van der Waals surface area contributed by atoms with E-state index in [0.717, 1.165) is 0 Å². The molecule has 2 aromatic rings. The van der Waals surface area contributed by atoms with E-state index in [9.17, 15) is 9.90 Å². The van der Waals surface area contributed by atoms with Crippen molar-refractivity contribution < 1.29 is 22.2 Å². The Morgan fingerprint density at radius 3 is 2.37 bits per heavy atom. The minimum atomic E-state index is -0.745. The molecular formula is C18H27N5O4. The summed E-state index contributed by atoms with van der Waals surface area (Å²) in [6.07, 6.45) is -0.745. The van der Waals surface area contributed by atoms with Gasteiger partial charge in [-0.05, 0) is 18.7 Å². The zero-order chi connectivity index (χ0) is 20.2. The molecule has 1 amide bonds. The number of azo groups is 1. The summed E-state index contributed by atoms with van der Waals surface area (Å²) in [5.74, 6) is -0.00578. The molecule has 27 heavy (non-hydrogen) atoms. The fraction of sp³-hybridized carbons (Fsp3) is 0.222. The molecule has 1 aromatic carbocycles. The molecule has 0 saturated heterocycles. The van der Waals surface area contributed by atoms with Crippen LogP contribution in [0, 0.1) is 0 Å². The van der Waals surface area contributed by atoms with E-state index in [1.54, 1.807) is 24.3 Å². The summed E-state index contributed by atoms with van der Waals surface area (Å²) >= 11 is 0. The van der Waals surface area contributed by atoms with Gasteiger partial charge in [0.25, 0.3) is 0 Å². The van der Waals surface area contributed by atoms with E-state index >= 15 is 0 Å². The number of carbonyl (C=O) groups is 1. The van der Waals surface area contributed by atoms with Crippen molar-refractivity contribution in [1.82, 2.24) is 4.98 Å². The van der Waals surface area contributed by atoms with Crippen LogP contribution in [0.25, 0.3) is 0 Å². The van der Waals surface area contributed by atoms with Crippen LogP contribution in [0.15, 0.2) is 59.1 Å². The van der Waals surface area contributed by atoms with Crippen molar-refractivity contribution in [3.8, 4) is 5.75 Å². The standard InChI is InChI=1S/C16H17N5O4.C2H6.2H2/c1-10(24-2)17-15-13(22)9-12(14(18-15)19-16(23)25-3)21-20-11-7-5-4-6-8-11;1-2;;/h4-9,22H,1H2,2-3H3,(H2,17,18,19,23);1-2H3;2*1H. The highest BCUT2D eigenvalue weighted by Gasteiger charge is 2.15. The Bertz CT molecular complexity index is 804. The number of methoxy groups -OCH3 is 2. The molecule has 0 spiro atoms. The molecule has 9 heteroatoms. The van der Waals surface area contributed by atoms with Crippen molar-refractivity contribution in [2.45, 2.75) is 13.8 Å². The average molecular weight is 377 g/mol. The fourth-order valence-corrected chi connectivity index (χ4v) is 1.69. The van der Waals surface area contributed by atoms with Gasteiger partial charge in [0.1, 0.15) is 5.69 Å². The van der Waals surface area contributed by atoms with E-state index in [-0.39, 0.29) is 31.8 Å². The number of aromatic nitrogens is 1. The smallest absolute Gasteiger partial charge is 0.412 e. The van der Waals surface area contributed by atoms with E-state index in [4.69, 9.17) is 4.74 Å². The van der Waals surface area contributed by atoms with Gasteiger partial charge in [-0.25, -0.2) is 9.78 Å². The second kappa shape index (κ2) is 11.1. The van der Waals surface area contributed by atoms with Crippen LogP contribution >= 0.6 is 0 Å². The van der Waals surface area contributed by atoms with Gasteiger partial charge < -0.3 is 19.9 Å². The lowest BCUT2D eigenvalue weighted by molar-refractivity contribution is 0.187. The lowest BCUT2D eigenvalue weighted by Crippen LogP contribution is -2.13. The summed E-state index contributed by atoms with van der Waals surface area (Å²) in [4.78, 5) is 15.6. The molecule has 9 nitrogen and oxygen atoms in total. The van der Waals surface area contributed by atoms with Gasteiger partial charge in [-0.3, -0.25) is 5.32 Å². The predicted octanol–water partition coefficient (Wildman–Crippen LogP) is 5.43. The van der Waals surface area contributed by atoms with Gasteiger partial charge in [0, 0.05) is 8.92 Å². The Labute approximate surface area is 160 Å². The zero-order valence-corrected chi connectivity index (χ0v) is 15.7. The van der Waals surface area contributed by atoms with Gasteiger partial charge in [0.2, 0.25) is 0 Å². The second-order valence-corrected chi connectivity index (χ2v) is 4.63. The highest BCUT2D eigenvalue weighted by atomic mass is 16.5. The van der Waals surface area contributed by atoms with E-state index < -0.39 is 6.09 Å². The molecular weight excluding hydrogens is 350 g/mol. The minimum absolute atomic E-state index is 0. The third-order valence-corrected chi connectivity index (χ3v) is 2.92. The molecule has 1 aromatic heterocycles. The monoisotopic (exact) mass is 377 g/mol. The van der Waals surface area contributed by atoms with Crippen LogP contribution < -0.4 is 10.6 Å². The molecule has 148 valence electrons. The number of carbonyl (C=O) groups excluding carboxylic acids is 1. The van der Waals surface area contributed by atoms with E-state index in [0.29, 0.717) is 5.69 Å². The van der Waals surface area contributed by atoms with Gasteiger partial charge in [0.05, 0.1) is 19.9 Å². The maximum Gasteiger partial charge on any atom is 0.412 e. The molecule has 0 aliphatic heterocycles. The molecule has 0 aliphatic carbocycles. The number of amides is 1.